The largest absolute Gasteiger partial charge is 0.453 e. The number of benzene rings is 3. The van der Waals surface area contributed by atoms with Gasteiger partial charge in [0.15, 0.2) is 16.6 Å². The molecule has 362 valence electrons. The van der Waals surface area contributed by atoms with Crippen molar-refractivity contribution in [1.29, 1.82) is 0 Å². The molecule has 13 heteroatoms. The van der Waals surface area contributed by atoms with E-state index in [2.05, 4.69) is 125 Å². The van der Waals surface area contributed by atoms with Crippen molar-refractivity contribution < 1.29 is 28.0 Å². The summed E-state index contributed by atoms with van der Waals surface area (Å²) >= 11 is 0. The van der Waals surface area contributed by atoms with Crippen LogP contribution in [0.2, 0.25) is 36.3 Å². The first-order valence-electron chi connectivity index (χ1n) is 23.9. The molecule has 11 nitrogen and oxygen atoms in total. The van der Waals surface area contributed by atoms with Gasteiger partial charge in [-0.3, -0.25) is 20.0 Å². The van der Waals surface area contributed by atoms with Crippen molar-refractivity contribution in [3.8, 4) is 11.3 Å². The third-order valence-corrected chi connectivity index (χ3v) is 24.0. The lowest BCUT2D eigenvalue weighted by Crippen LogP contribution is -2.58. The third-order valence-electron chi connectivity index (χ3n) is 15.0. The molecule has 1 aliphatic carbocycles. The van der Waals surface area contributed by atoms with Crippen LogP contribution in [0.1, 0.15) is 97.0 Å². The maximum atomic E-state index is 16.3. The van der Waals surface area contributed by atoms with Gasteiger partial charge in [-0.15, -0.1) is 0 Å². The van der Waals surface area contributed by atoms with Crippen molar-refractivity contribution in [1.82, 2.24) is 25.6 Å². The second kappa shape index (κ2) is 20.1. The van der Waals surface area contributed by atoms with Crippen LogP contribution in [0.25, 0.3) is 11.3 Å². The van der Waals surface area contributed by atoms with Gasteiger partial charge in [0.2, 0.25) is 5.91 Å². The minimum absolute atomic E-state index is 0.0303. The molecule has 2 N–H and O–H groups in total. The van der Waals surface area contributed by atoms with E-state index in [9.17, 15) is 9.59 Å². The van der Waals surface area contributed by atoms with Gasteiger partial charge in [0.1, 0.15) is 6.04 Å². The Hall–Kier alpha value is -4.67. The van der Waals surface area contributed by atoms with E-state index < -0.39 is 45.7 Å². The van der Waals surface area contributed by atoms with Crippen LogP contribution in [-0.2, 0) is 42.6 Å². The number of hydrogen-bond donors (Lipinski definition) is 2. The molecular weight excluding hydrogens is 871 g/mol. The van der Waals surface area contributed by atoms with Gasteiger partial charge < -0.3 is 23.8 Å². The number of nitrogens with one attached hydrogen (secondary N) is 2. The van der Waals surface area contributed by atoms with E-state index in [1.807, 2.05) is 86.4 Å². The summed E-state index contributed by atoms with van der Waals surface area (Å²) in [6.07, 6.45) is 1.94. The van der Waals surface area contributed by atoms with E-state index >= 15 is 4.79 Å². The SMILES string of the molecule is COC(=O)N[C@H](C(=O)NN(CC[C@@]1(Cc2ccccc2)C(=O)N([C@H]2c3ccccc3C[C@H]2O[Si](C)(C)C(C)(C)C)C[C@@H]1O[Si](C)(C)C(C)(C)C)Cc1ccc(-c2ccccn2)cc1)C(C)(C)C. The number of aromatic nitrogens is 1. The molecule has 6 rings (SSSR count). The Morgan fingerprint density at radius 2 is 1.42 bits per heavy atom. The second-order valence-electron chi connectivity index (χ2n) is 22.9. The van der Waals surface area contributed by atoms with Crippen molar-refractivity contribution in [2.24, 2.45) is 10.8 Å². The Morgan fingerprint density at radius 3 is 2.01 bits per heavy atom. The normalized spacial score (nSPS) is 20.7. The minimum atomic E-state index is -2.50. The number of fused-ring (bicyclic) bond motifs is 1. The lowest BCUT2D eigenvalue weighted by atomic mass is 9.75. The highest BCUT2D eigenvalue weighted by Gasteiger charge is 2.60. The zero-order chi connectivity index (χ0) is 49.2. The molecule has 0 bridgehead atoms. The number of carbonyl (C=O) groups excluding carboxylic acids is 3. The number of methoxy groups -OCH3 is 1. The van der Waals surface area contributed by atoms with Crippen molar-refractivity contribution in [2.45, 2.75) is 149 Å². The molecular formula is C54H77N5O6Si2. The number of nitrogens with zero attached hydrogens (tertiary/aromatic N) is 3. The van der Waals surface area contributed by atoms with E-state index in [1.165, 1.54) is 12.7 Å². The van der Waals surface area contributed by atoms with E-state index in [0.29, 0.717) is 32.5 Å². The van der Waals surface area contributed by atoms with E-state index in [1.54, 1.807) is 6.20 Å². The number of rotatable bonds is 16. The fourth-order valence-electron chi connectivity index (χ4n) is 8.97. The molecule has 0 radical (unpaired) electrons. The second-order valence-corrected chi connectivity index (χ2v) is 32.4. The van der Waals surface area contributed by atoms with Gasteiger partial charge in [0.05, 0.1) is 36.5 Å². The maximum Gasteiger partial charge on any atom is 0.407 e. The third kappa shape index (κ3) is 11.8. The molecule has 2 aliphatic rings. The number of pyridine rings is 1. The monoisotopic (exact) mass is 948 g/mol. The van der Waals surface area contributed by atoms with Gasteiger partial charge in [-0.2, -0.15) is 0 Å². The van der Waals surface area contributed by atoms with E-state index in [-0.39, 0.29) is 34.0 Å². The van der Waals surface area contributed by atoms with Crippen molar-refractivity contribution in [3.63, 3.8) is 0 Å². The van der Waals surface area contributed by atoms with Gasteiger partial charge in [-0.05, 0) is 88.9 Å². The highest BCUT2D eigenvalue weighted by Crippen LogP contribution is 2.51. The molecule has 0 saturated carbocycles. The molecule has 5 atom stereocenters. The molecule has 0 unspecified atom stereocenters. The first-order valence-corrected chi connectivity index (χ1v) is 29.8. The van der Waals surface area contributed by atoms with Gasteiger partial charge in [0.25, 0.3) is 5.91 Å². The Bertz CT molecular complexity index is 2320. The van der Waals surface area contributed by atoms with Crippen molar-refractivity contribution in [2.75, 3.05) is 20.2 Å². The summed E-state index contributed by atoms with van der Waals surface area (Å²) in [6, 6.07) is 31.6. The van der Waals surface area contributed by atoms with Gasteiger partial charge in [0, 0.05) is 37.8 Å². The summed E-state index contributed by atoms with van der Waals surface area (Å²) in [5, 5.41) is 4.51. The molecule has 3 amide bonds. The number of hydrogen-bond acceptors (Lipinski definition) is 8. The van der Waals surface area contributed by atoms with Crippen LogP contribution in [0.4, 0.5) is 4.79 Å². The first-order chi connectivity index (χ1) is 31.3. The van der Waals surface area contributed by atoms with Crippen LogP contribution in [0.5, 0.6) is 0 Å². The Morgan fingerprint density at radius 1 is 0.806 bits per heavy atom. The zero-order valence-electron chi connectivity index (χ0n) is 42.7. The van der Waals surface area contributed by atoms with Gasteiger partial charge >= 0.3 is 6.09 Å². The van der Waals surface area contributed by atoms with Crippen LogP contribution in [0.15, 0.2) is 103 Å². The molecule has 3 aromatic carbocycles. The smallest absolute Gasteiger partial charge is 0.407 e. The van der Waals surface area contributed by atoms with Gasteiger partial charge in [-0.1, -0.05) is 147 Å². The fraction of sp³-hybridized carbons (Fsp3) is 0.519. The summed E-state index contributed by atoms with van der Waals surface area (Å²) in [7, 11) is -3.50. The van der Waals surface area contributed by atoms with Crippen LogP contribution in [0, 0.1) is 10.8 Å². The van der Waals surface area contributed by atoms with Crippen LogP contribution in [-0.4, -0.2) is 87.9 Å². The standard InChI is InChI=1S/C54H77N5O6Si2/c1-51(2,3)47(56-50(62)63-10)48(60)57-58(36-39-27-29-40(30-28-39)43-26-20-21-32-55-43)33-31-54(35-38-22-16-15-17-23-38)45(65-67(13,14)53(7,8)9)37-59(49(54)61)46-42-25-19-18-24-41(42)34-44(46)64-66(11,12)52(4,5)6/h15-30,32,44-47H,31,33-37H2,1-14H3,(H,56,62)(H,57,60)/t44-,45+,46+,47-,54+/m1/s1. The number of alkyl carbamates (subject to hydrolysis) is 1. The number of likely N-dealkylation sites (tertiary alicyclic amines) is 1. The molecule has 67 heavy (non-hydrogen) atoms. The average Bonchev–Trinajstić information content (AvgIpc) is 3.73. The quantitative estimate of drug-likeness (QED) is 0.0841. The van der Waals surface area contributed by atoms with Gasteiger partial charge in [-0.25, -0.2) is 9.80 Å². The number of ether oxygens (including phenoxy) is 1. The van der Waals surface area contributed by atoms with E-state index in [4.69, 9.17) is 13.6 Å². The summed E-state index contributed by atoms with van der Waals surface area (Å²) in [4.78, 5) is 50.1. The number of hydrazine groups is 1. The van der Waals surface area contributed by atoms with Crippen LogP contribution >= 0.6 is 0 Å². The predicted octanol–water partition coefficient (Wildman–Crippen LogP) is 10.9. The molecule has 1 aliphatic heterocycles. The minimum Gasteiger partial charge on any atom is -0.453 e. The average molecular weight is 948 g/mol. The molecule has 1 fully saturated rings. The number of carbonyl (C=O) groups is 3. The summed E-state index contributed by atoms with van der Waals surface area (Å²) in [5.41, 5.74) is 7.71. The summed E-state index contributed by atoms with van der Waals surface area (Å²) in [5.74, 6) is -0.349. The highest BCUT2D eigenvalue weighted by molar-refractivity contribution is 6.74. The van der Waals surface area contributed by atoms with Crippen LogP contribution in [0.3, 0.4) is 0 Å². The Labute approximate surface area is 403 Å². The number of amides is 3. The van der Waals surface area contributed by atoms with E-state index in [0.717, 1.165) is 34.4 Å². The van der Waals surface area contributed by atoms with Crippen LogP contribution < -0.4 is 10.7 Å². The molecule has 4 aromatic rings. The Kier molecular flexibility index (Phi) is 15.5. The predicted molar refractivity (Wildman–Crippen MR) is 273 cm³/mol. The van der Waals surface area contributed by atoms with Crippen molar-refractivity contribution in [3.05, 3.63) is 126 Å². The molecule has 2 heterocycles. The highest BCUT2D eigenvalue weighted by atomic mass is 28.4. The molecule has 1 saturated heterocycles. The topological polar surface area (TPSA) is 122 Å². The summed E-state index contributed by atoms with van der Waals surface area (Å²) in [6.45, 7) is 29.4. The van der Waals surface area contributed by atoms with Crippen molar-refractivity contribution >= 4 is 34.5 Å². The molecule has 0 spiro atoms. The Balaban J connectivity index is 1.46. The lowest BCUT2D eigenvalue weighted by Gasteiger charge is -2.43. The lowest BCUT2D eigenvalue weighted by molar-refractivity contribution is -0.142. The fourth-order valence-corrected chi connectivity index (χ4v) is 11.7. The first kappa shape index (κ1) is 51.7. The maximum absolute atomic E-state index is 16.3. The molecule has 1 aromatic heterocycles. The zero-order valence-corrected chi connectivity index (χ0v) is 44.7. The summed E-state index contributed by atoms with van der Waals surface area (Å²) < 4.78 is 19.9.